The van der Waals surface area contributed by atoms with Crippen LogP contribution in [-0.4, -0.2) is 18.0 Å². The van der Waals surface area contributed by atoms with Crippen LogP contribution >= 0.6 is 0 Å². The molecule has 0 aromatic heterocycles. The minimum atomic E-state index is -4.33. The Hall–Kier alpha value is -1.56. The van der Waals surface area contributed by atoms with E-state index in [1.165, 1.54) is 12.1 Å². The Morgan fingerprint density at radius 2 is 1.95 bits per heavy atom. The second kappa shape index (κ2) is 5.91. The number of hydrogen-bond acceptors (Lipinski definition) is 2. The molecule has 1 aromatic carbocycles. The van der Waals surface area contributed by atoms with Gasteiger partial charge in [0.1, 0.15) is 0 Å². The lowest BCUT2D eigenvalue weighted by molar-refractivity contribution is -0.137. The lowest BCUT2D eigenvalue weighted by Gasteiger charge is -2.23. The molecule has 2 saturated heterocycles. The molecule has 6 heteroatoms. The van der Waals surface area contributed by atoms with Crippen molar-refractivity contribution in [3.63, 3.8) is 0 Å². The Balaban J connectivity index is 1.78. The van der Waals surface area contributed by atoms with Crippen molar-refractivity contribution in [2.45, 2.75) is 56.4 Å². The molecule has 120 valence electrons. The van der Waals surface area contributed by atoms with Crippen LogP contribution in [0.15, 0.2) is 24.3 Å². The van der Waals surface area contributed by atoms with Crippen molar-refractivity contribution in [3.8, 4) is 0 Å². The van der Waals surface area contributed by atoms with Crippen LogP contribution in [0.2, 0.25) is 0 Å². The fourth-order valence-corrected chi connectivity index (χ4v) is 3.40. The quantitative estimate of drug-likeness (QED) is 0.836. The van der Waals surface area contributed by atoms with E-state index in [1.807, 2.05) is 0 Å². The summed E-state index contributed by atoms with van der Waals surface area (Å²) in [7, 11) is 0. The molecule has 2 heterocycles. The molecule has 0 radical (unpaired) electrons. The molecule has 0 saturated carbocycles. The predicted octanol–water partition coefficient (Wildman–Crippen LogP) is 3.17. The van der Waals surface area contributed by atoms with Gasteiger partial charge in [-0.3, -0.25) is 4.79 Å². The van der Waals surface area contributed by atoms with Gasteiger partial charge in [0.2, 0.25) is 5.91 Å². The van der Waals surface area contributed by atoms with Crippen molar-refractivity contribution < 1.29 is 18.0 Å². The highest BCUT2D eigenvalue weighted by atomic mass is 19.4. The average Bonchev–Trinajstić information content (AvgIpc) is 2.83. The van der Waals surface area contributed by atoms with Crippen molar-refractivity contribution >= 4 is 5.91 Å². The molecule has 2 fully saturated rings. The van der Waals surface area contributed by atoms with E-state index in [0.717, 1.165) is 25.3 Å². The zero-order valence-corrected chi connectivity index (χ0v) is 12.1. The molecule has 2 aliphatic rings. The minimum absolute atomic E-state index is 0.00680. The van der Waals surface area contributed by atoms with E-state index in [-0.39, 0.29) is 24.0 Å². The Bertz CT molecular complexity index is 559. The molecule has 1 amide bonds. The van der Waals surface area contributed by atoms with Crippen LogP contribution in [0.1, 0.15) is 49.3 Å². The van der Waals surface area contributed by atoms with Gasteiger partial charge in [0.05, 0.1) is 5.56 Å². The lowest BCUT2D eigenvalue weighted by Crippen LogP contribution is -2.44. The van der Waals surface area contributed by atoms with E-state index in [0.29, 0.717) is 18.4 Å². The Morgan fingerprint density at radius 1 is 1.14 bits per heavy atom. The average molecular weight is 312 g/mol. The van der Waals surface area contributed by atoms with Gasteiger partial charge in [-0.1, -0.05) is 18.6 Å². The highest BCUT2D eigenvalue weighted by molar-refractivity contribution is 5.76. The summed E-state index contributed by atoms with van der Waals surface area (Å²) in [6, 6.07) is 5.46. The van der Waals surface area contributed by atoms with Gasteiger partial charge in [-0.05, 0) is 37.0 Å². The van der Waals surface area contributed by atoms with Crippen molar-refractivity contribution in [2.75, 3.05) is 0 Å². The normalized spacial score (nSPS) is 29.4. The van der Waals surface area contributed by atoms with Crippen LogP contribution < -0.4 is 10.6 Å². The standard InChI is InChI=1S/C16H19F3N2O/c17-16(18,19)11-5-3-4-10(8-11)13-9-14-12(20-13)6-1-2-7-15(22)21-14/h3-5,8,12-14,20H,1-2,6-7,9H2,(H,21,22)/t12?,13-,14?/m0/s1. The summed E-state index contributed by atoms with van der Waals surface area (Å²) in [5.74, 6) is 0.0428. The summed E-state index contributed by atoms with van der Waals surface area (Å²) in [6.45, 7) is 0. The van der Waals surface area contributed by atoms with Crippen LogP contribution in [0.3, 0.4) is 0 Å². The second-order valence-corrected chi connectivity index (χ2v) is 6.10. The topological polar surface area (TPSA) is 41.1 Å². The fraction of sp³-hybridized carbons (Fsp3) is 0.562. The van der Waals surface area contributed by atoms with E-state index in [1.54, 1.807) is 6.07 Å². The first-order valence-corrected chi connectivity index (χ1v) is 7.66. The third kappa shape index (κ3) is 3.27. The molecule has 22 heavy (non-hydrogen) atoms. The number of halogens is 3. The van der Waals surface area contributed by atoms with E-state index in [4.69, 9.17) is 0 Å². The summed E-state index contributed by atoms with van der Waals surface area (Å²) in [6.07, 6.45) is -0.373. The smallest absolute Gasteiger partial charge is 0.352 e. The molecular formula is C16H19F3N2O. The maximum Gasteiger partial charge on any atom is 0.416 e. The highest BCUT2D eigenvalue weighted by Gasteiger charge is 2.37. The number of alkyl halides is 3. The Kier molecular flexibility index (Phi) is 4.12. The van der Waals surface area contributed by atoms with Crippen LogP contribution in [0.25, 0.3) is 0 Å². The van der Waals surface area contributed by atoms with Crippen LogP contribution in [-0.2, 0) is 11.0 Å². The number of carbonyl (C=O) groups excluding carboxylic acids is 1. The number of carbonyl (C=O) groups is 1. The SMILES string of the molecule is O=C1CCCCC2N[C@H](c3cccc(C(F)(F)F)c3)CC2N1. The lowest BCUT2D eigenvalue weighted by atomic mass is 9.97. The van der Waals surface area contributed by atoms with Gasteiger partial charge >= 0.3 is 6.18 Å². The number of hydrogen-bond donors (Lipinski definition) is 2. The second-order valence-electron chi connectivity index (χ2n) is 6.10. The van der Waals surface area contributed by atoms with Crippen LogP contribution in [0.5, 0.6) is 0 Å². The van der Waals surface area contributed by atoms with Gasteiger partial charge in [-0.2, -0.15) is 13.2 Å². The molecule has 0 spiro atoms. The van der Waals surface area contributed by atoms with Gasteiger partial charge in [-0.15, -0.1) is 0 Å². The zero-order chi connectivity index (χ0) is 15.7. The summed E-state index contributed by atoms with van der Waals surface area (Å²) in [5.41, 5.74) is 0.0102. The highest BCUT2D eigenvalue weighted by Crippen LogP contribution is 2.34. The molecule has 2 N–H and O–H groups in total. The van der Waals surface area contributed by atoms with Gasteiger partial charge in [0.15, 0.2) is 0 Å². The third-order valence-corrected chi connectivity index (χ3v) is 4.52. The van der Waals surface area contributed by atoms with Gasteiger partial charge < -0.3 is 10.6 Å². The number of fused-ring (bicyclic) bond motifs is 1. The summed E-state index contributed by atoms with van der Waals surface area (Å²) < 4.78 is 38.5. The van der Waals surface area contributed by atoms with E-state index in [2.05, 4.69) is 10.6 Å². The number of amides is 1. The summed E-state index contributed by atoms with van der Waals surface area (Å²) in [4.78, 5) is 11.7. The molecule has 3 rings (SSSR count). The zero-order valence-electron chi connectivity index (χ0n) is 12.1. The van der Waals surface area contributed by atoms with Gasteiger partial charge in [0.25, 0.3) is 0 Å². The molecule has 3 nitrogen and oxygen atoms in total. The minimum Gasteiger partial charge on any atom is -0.352 e. The number of nitrogens with one attached hydrogen (secondary N) is 2. The van der Waals surface area contributed by atoms with E-state index >= 15 is 0 Å². The predicted molar refractivity (Wildman–Crippen MR) is 76.1 cm³/mol. The first-order chi connectivity index (χ1) is 10.4. The van der Waals surface area contributed by atoms with Crippen LogP contribution in [0, 0.1) is 0 Å². The molecule has 0 bridgehead atoms. The maximum atomic E-state index is 12.8. The largest absolute Gasteiger partial charge is 0.416 e. The summed E-state index contributed by atoms with van der Waals surface area (Å²) in [5, 5.41) is 6.40. The maximum absolute atomic E-state index is 12.8. The fourth-order valence-electron chi connectivity index (χ4n) is 3.40. The van der Waals surface area contributed by atoms with Crippen molar-refractivity contribution in [1.29, 1.82) is 0 Å². The van der Waals surface area contributed by atoms with Gasteiger partial charge in [-0.25, -0.2) is 0 Å². The molecule has 3 atom stereocenters. The molecule has 2 unspecified atom stereocenters. The molecule has 2 aliphatic heterocycles. The van der Waals surface area contributed by atoms with Crippen LogP contribution in [0.4, 0.5) is 13.2 Å². The van der Waals surface area contributed by atoms with Gasteiger partial charge in [0, 0.05) is 24.5 Å². The Morgan fingerprint density at radius 3 is 2.73 bits per heavy atom. The van der Waals surface area contributed by atoms with Crippen molar-refractivity contribution in [1.82, 2.24) is 10.6 Å². The number of rotatable bonds is 1. The molecule has 1 aromatic rings. The third-order valence-electron chi connectivity index (χ3n) is 4.52. The van der Waals surface area contributed by atoms with Crippen molar-refractivity contribution in [3.05, 3.63) is 35.4 Å². The van der Waals surface area contributed by atoms with Crippen molar-refractivity contribution in [2.24, 2.45) is 0 Å². The Labute approximate surface area is 127 Å². The molecule has 0 aliphatic carbocycles. The monoisotopic (exact) mass is 312 g/mol. The van der Waals surface area contributed by atoms with E-state index < -0.39 is 11.7 Å². The first-order valence-electron chi connectivity index (χ1n) is 7.66. The summed E-state index contributed by atoms with van der Waals surface area (Å²) >= 11 is 0. The number of benzene rings is 1. The van der Waals surface area contributed by atoms with E-state index in [9.17, 15) is 18.0 Å². The molecular weight excluding hydrogens is 293 g/mol. The first kappa shape index (κ1) is 15.3.